The van der Waals surface area contributed by atoms with E-state index in [1.165, 1.54) is 48.2 Å². The lowest BCUT2D eigenvalue weighted by Crippen LogP contribution is -2.25. The third kappa shape index (κ3) is 6.46. The lowest BCUT2D eigenvalue weighted by molar-refractivity contribution is 0.0956. The normalized spacial score (nSPS) is 11.2. The topological polar surface area (TPSA) is 75.3 Å². The van der Waals surface area contributed by atoms with Gasteiger partial charge in [0.15, 0.2) is 0 Å². The number of nitrogens with one attached hydrogen (secondary N) is 2. The van der Waals surface area contributed by atoms with Crippen molar-refractivity contribution in [3.8, 4) is 0 Å². The van der Waals surface area contributed by atoms with Gasteiger partial charge >= 0.3 is 0 Å². The first-order chi connectivity index (χ1) is 14.9. The molecule has 1 amide bonds. The van der Waals surface area contributed by atoms with E-state index in [1.807, 2.05) is 0 Å². The van der Waals surface area contributed by atoms with Gasteiger partial charge in [-0.25, -0.2) is 12.8 Å². The number of carbonyl (C=O) groups excluding carboxylic acids is 1. The molecule has 0 saturated carbocycles. The number of rotatable bonds is 9. The van der Waals surface area contributed by atoms with E-state index in [9.17, 15) is 17.6 Å². The minimum atomic E-state index is -3.78. The quantitative estimate of drug-likeness (QED) is 0.427. The Kier molecular flexibility index (Phi) is 7.95. The molecular formula is C22H20ClFN2O3S2. The second-order valence-corrected chi connectivity index (χ2v) is 9.71. The van der Waals surface area contributed by atoms with Gasteiger partial charge in [-0.3, -0.25) is 9.52 Å². The molecule has 0 aromatic heterocycles. The van der Waals surface area contributed by atoms with Crippen molar-refractivity contribution in [3.05, 3.63) is 94.8 Å². The maximum absolute atomic E-state index is 13.6. The fraction of sp³-hybridized carbons (Fsp3) is 0.136. The molecule has 3 aromatic carbocycles. The van der Waals surface area contributed by atoms with E-state index < -0.39 is 10.0 Å². The molecule has 0 atom stereocenters. The molecule has 0 aliphatic heterocycles. The van der Waals surface area contributed by atoms with Crippen LogP contribution < -0.4 is 10.0 Å². The van der Waals surface area contributed by atoms with Crippen LogP contribution in [0.4, 0.5) is 10.1 Å². The lowest BCUT2D eigenvalue weighted by Gasteiger charge is -2.11. The van der Waals surface area contributed by atoms with Crippen molar-refractivity contribution < 1.29 is 17.6 Å². The van der Waals surface area contributed by atoms with Gasteiger partial charge in [-0.15, -0.1) is 0 Å². The number of benzene rings is 3. The predicted octanol–water partition coefficient (Wildman–Crippen LogP) is 4.94. The molecule has 0 unspecified atom stereocenters. The number of anilines is 1. The summed E-state index contributed by atoms with van der Waals surface area (Å²) in [7, 11) is -3.78. The first kappa shape index (κ1) is 23.1. The van der Waals surface area contributed by atoms with Crippen LogP contribution in [0.2, 0.25) is 5.02 Å². The van der Waals surface area contributed by atoms with Crippen molar-refractivity contribution in [2.75, 3.05) is 17.0 Å². The molecule has 0 spiro atoms. The average Bonchev–Trinajstić information content (AvgIpc) is 2.76. The zero-order valence-electron chi connectivity index (χ0n) is 16.3. The van der Waals surface area contributed by atoms with E-state index in [4.69, 9.17) is 11.6 Å². The van der Waals surface area contributed by atoms with Crippen molar-refractivity contribution >= 4 is 45.0 Å². The molecule has 0 aliphatic rings. The summed E-state index contributed by atoms with van der Waals surface area (Å²) in [5, 5.41) is 2.88. The molecule has 0 bridgehead atoms. The standard InChI is InChI=1S/C22H20ClFN2O3S2/c23-19-14-16(10-11-21(19)26-31(28,29)18-7-2-1-3-8-18)22(27)25-12-13-30-15-17-6-4-5-9-20(17)24/h1-11,14,26H,12-13,15H2,(H,25,27). The summed E-state index contributed by atoms with van der Waals surface area (Å²) in [6.45, 7) is 0.401. The van der Waals surface area contributed by atoms with Crippen LogP contribution in [0.1, 0.15) is 15.9 Å². The number of halogens is 2. The number of carbonyl (C=O) groups is 1. The molecule has 0 saturated heterocycles. The molecule has 0 radical (unpaired) electrons. The number of amides is 1. The van der Waals surface area contributed by atoms with E-state index in [0.29, 0.717) is 29.2 Å². The smallest absolute Gasteiger partial charge is 0.261 e. The van der Waals surface area contributed by atoms with Crippen LogP contribution in [0.15, 0.2) is 77.7 Å². The number of thioether (sulfide) groups is 1. The number of hydrogen-bond donors (Lipinski definition) is 2. The first-order valence-corrected chi connectivity index (χ1v) is 12.4. The Morgan fingerprint density at radius 2 is 1.71 bits per heavy atom. The average molecular weight is 479 g/mol. The summed E-state index contributed by atoms with van der Waals surface area (Å²) in [4.78, 5) is 12.4. The summed E-state index contributed by atoms with van der Waals surface area (Å²) in [5.41, 5.74) is 1.12. The van der Waals surface area contributed by atoms with Crippen molar-refractivity contribution in [1.29, 1.82) is 0 Å². The second kappa shape index (κ2) is 10.7. The molecular weight excluding hydrogens is 459 g/mol. The number of sulfonamides is 1. The maximum Gasteiger partial charge on any atom is 0.261 e. The third-order valence-electron chi connectivity index (χ3n) is 4.28. The summed E-state index contributed by atoms with van der Waals surface area (Å²) in [6, 6.07) is 18.9. The fourth-order valence-corrected chi connectivity index (χ4v) is 4.91. The van der Waals surface area contributed by atoms with Gasteiger partial charge in [0.1, 0.15) is 5.82 Å². The second-order valence-electron chi connectivity index (χ2n) is 6.51. The highest BCUT2D eigenvalue weighted by Crippen LogP contribution is 2.26. The molecule has 0 aliphatic carbocycles. The minimum absolute atomic E-state index is 0.112. The van der Waals surface area contributed by atoms with Crippen LogP contribution in [0.25, 0.3) is 0 Å². The fourth-order valence-electron chi connectivity index (χ4n) is 2.68. The Labute approximate surface area is 190 Å². The Hall–Kier alpha value is -2.55. The summed E-state index contributed by atoms with van der Waals surface area (Å²) < 4.78 is 40.9. The van der Waals surface area contributed by atoms with Crippen molar-refractivity contribution in [3.63, 3.8) is 0 Å². The molecule has 5 nitrogen and oxygen atoms in total. The van der Waals surface area contributed by atoms with Crippen LogP contribution >= 0.6 is 23.4 Å². The van der Waals surface area contributed by atoms with E-state index >= 15 is 0 Å². The van der Waals surface area contributed by atoms with Gasteiger partial charge in [-0.1, -0.05) is 48.0 Å². The van der Waals surface area contributed by atoms with Gasteiger partial charge in [0.2, 0.25) is 0 Å². The van der Waals surface area contributed by atoms with Crippen molar-refractivity contribution in [1.82, 2.24) is 5.32 Å². The molecule has 3 aromatic rings. The summed E-state index contributed by atoms with van der Waals surface area (Å²) in [5.74, 6) is 0.565. The zero-order chi connectivity index (χ0) is 22.3. The van der Waals surface area contributed by atoms with Gasteiger partial charge in [0.05, 0.1) is 15.6 Å². The number of hydrogen-bond acceptors (Lipinski definition) is 4. The monoisotopic (exact) mass is 478 g/mol. The summed E-state index contributed by atoms with van der Waals surface area (Å²) >= 11 is 7.70. The Balaban J connectivity index is 1.52. The lowest BCUT2D eigenvalue weighted by atomic mass is 10.2. The Morgan fingerprint density at radius 3 is 2.42 bits per heavy atom. The van der Waals surface area contributed by atoms with Crippen LogP contribution in [0, 0.1) is 5.82 Å². The maximum atomic E-state index is 13.6. The van der Waals surface area contributed by atoms with Gasteiger partial charge in [-0.05, 0) is 42.0 Å². The van der Waals surface area contributed by atoms with Gasteiger partial charge in [0.25, 0.3) is 15.9 Å². The summed E-state index contributed by atoms with van der Waals surface area (Å²) in [6.07, 6.45) is 0. The van der Waals surface area contributed by atoms with Gasteiger partial charge < -0.3 is 5.32 Å². The molecule has 9 heteroatoms. The van der Waals surface area contributed by atoms with Gasteiger partial charge in [-0.2, -0.15) is 11.8 Å². The molecule has 3 rings (SSSR count). The highest BCUT2D eigenvalue weighted by atomic mass is 35.5. The molecule has 0 fully saturated rings. The van der Waals surface area contributed by atoms with E-state index in [0.717, 1.165) is 0 Å². The Bertz CT molecular complexity index is 1160. The highest BCUT2D eigenvalue weighted by Gasteiger charge is 2.16. The predicted molar refractivity (Wildman–Crippen MR) is 124 cm³/mol. The van der Waals surface area contributed by atoms with E-state index in [2.05, 4.69) is 10.0 Å². The minimum Gasteiger partial charge on any atom is -0.351 e. The van der Waals surface area contributed by atoms with Gasteiger partial charge in [0, 0.05) is 23.6 Å². The largest absolute Gasteiger partial charge is 0.351 e. The molecule has 0 heterocycles. The van der Waals surface area contributed by atoms with Crippen LogP contribution in [0.3, 0.4) is 0 Å². The SMILES string of the molecule is O=C(NCCSCc1ccccc1F)c1ccc(NS(=O)(=O)c2ccccc2)c(Cl)c1. The Morgan fingerprint density at radius 1 is 1.00 bits per heavy atom. The van der Waals surface area contributed by atoms with Crippen LogP contribution in [-0.4, -0.2) is 26.6 Å². The van der Waals surface area contributed by atoms with E-state index in [-0.39, 0.29) is 27.3 Å². The highest BCUT2D eigenvalue weighted by molar-refractivity contribution is 7.98. The van der Waals surface area contributed by atoms with Crippen molar-refractivity contribution in [2.24, 2.45) is 0 Å². The van der Waals surface area contributed by atoms with E-state index in [1.54, 1.807) is 36.4 Å². The van der Waals surface area contributed by atoms with Crippen LogP contribution in [-0.2, 0) is 15.8 Å². The van der Waals surface area contributed by atoms with Crippen LogP contribution in [0.5, 0.6) is 0 Å². The third-order valence-corrected chi connectivity index (χ3v) is 6.98. The first-order valence-electron chi connectivity index (χ1n) is 9.33. The molecule has 2 N–H and O–H groups in total. The molecule has 162 valence electrons. The zero-order valence-corrected chi connectivity index (χ0v) is 18.7. The molecule has 31 heavy (non-hydrogen) atoms. The van der Waals surface area contributed by atoms with Crippen molar-refractivity contribution in [2.45, 2.75) is 10.6 Å².